The lowest BCUT2D eigenvalue weighted by Crippen LogP contribution is -2.32. The molecular weight excluding hydrogens is 238 g/mol. The van der Waals surface area contributed by atoms with Crippen LogP contribution in [-0.2, 0) is 13.1 Å². The van der Waals surface area contributed by atoms with Gasteiger partial charge >= 0.3 is 0 Å². The Morgan fingerprint density at radius 3 is 2.84 bits per heavy atom. The molecule has 0 aliphatic heterocycles. The molecule has 0 atom stereocenters. The van der Waals surface area contributed by atoms with Gasteiger partial charge in [0, 0.05) is 11.5 Å². The van der Waals surface area contributed by atoms with Crippen molar-refractivity contribution < 1.29 is 9.30 Å². The van der Waals surface area contributed by atoms with Crippen LogP contribution in [0, 0.1) is 0 Å². The van der Waals surface area contributed by atoms with Crippen LogP contribution in [0.25, 0.3) is 0 Å². The largest absolute Gasteiger partial charge is 0.493 e. The third kappa shape index (κ3) is 4.73. The van der Waals surface area contributed by atoms with Gasteiger partial charge in [0.25, 0.3) is 6.33 Å². The van der Waals surface area contributed by atoms with Crippen LogP contribution in [-0.4, -0.2) is 16.4 Å². The third-order valence-corrected chi connectivity index (χ3v) is 2.94. The predicted octanol–water partition coefficient (Wildman–Crippen LogP) is 2.44. The molecule has 2 rings (SSSR count). The number of ether oxygens (including phenoxy) is 1. The van der Waals surface area contributed by atoms with E-state index in [0.717, 1.165) is 31.9 Å². The number of hydrogen-bond donors (Lipinski definition) is 0. The average molecular weight is 260 g/mol. The van der Waals surface area contributed by atoms with Gasteiger partial charge in [-0.2, -0.15) is 0 Å². The standard InChI is InChI=1S/C15H22N3O/c1-2-3-11-18-14-17(13-16-18)10-7-12-19-15-8-5-4-6-9-15/h4-6,8-9,13-14H,2-3,7,10-12H2,1H3/q+1. The number of unbranched alkanes of at least 4 members (excludes halogenated alkanes) is 1. The molecule has 0 saturated carbocycles. The number of para-hydroxylation sites is 1. The van der Waals surface area contributed by atoms with Crippen molar-refractivity contribution in [3.05, 3.63) is 43.0 Å². The number of benzene rings is 1. The molecule has 0 aliphatic carbocycles. The topological polar surface area (TPSA) is 30.9 Å². The Kier molecular flexibility index (Phi) is 5.41. The maximum atomic E-state index is 5.66. The minimum absolute atomic E-state index is 0.733. The van der Waals surface area contributed by atoms with Gasteiger partial charge in [-0.05, 0) is 18.6 Å². The summed E-state index contributed by atoms with van der Waals surface area (Å²) in [5.41, 5.74) is 0. The average Bonchev–Trinajstić information content (AvgIpc) is 2.90. The zero-order chi connectivity index (χ0) is 13.3. The van der Waals surface area contributed by atoms with Crippen molar-refractivity contribution >= 4 is 0 Å². The number of aryl methyl sites for hydroxylation is 2. The van der Waals surface area contributed by atoms with Gasteiger partial charge in [0.2, 0.25) is 6.33 Å². The molecular formula is C15H22N3O+. The summed E-state index contributed by atoms with van der Waals surface area (Å²) in [5, 5.41) is 4.33. The van der Waals surface area contributed by atoms with Crippen molar-refractivity contribution in [1.29, 1.82) is 0 Å². The van der Waals surface area contributed by atoms with Crippen molar-refractivity contribution in [3.63, 3.8) is 0 Å². The van der Waals surface area contributed by atoms with Crippen molar-refractivity contribution in [1.82, 2.24) is 9.78 Å². The van der Waals surface area contributed by atoms with Crippen LogP contribution in [0.2, 0.25) is 0 Å². The van der Waals surface area contributed by atoms with Crippen molar-refractivity contribution in [2.45, 2.75) is 39.3 Å². The highest BCUT2D eigenvalue weighted by Crippen LogP contribution is 2.08. The van der Waals surface area contributed by atoms with Gasteiger partial charge in [-0.3, -0.25) is 0 Å². The zero-order valence-electron chi connectivity index (χ0n) is 11.5. The molecule has 1 aromatic carbocycles. The van der Waals surface area contributed by atoms with E-state index in [-0.39, 0.29) is 0 Å². The first-order valence-corrected chi connectivity index (χ1v) is 6.98. The minimum Gasteiger partial charge on any atom is -0.493 e. The Morgan fingerprint density at radius 1 is 1.21 bits per heavy atom. The van der Waals surface area contributed by atoms with Crippen molar-refractivity contribution in [2.24, 2.45) is 0 Å². The van der Waals surface area contributed by atoms with Gasteiger partial charge in [0.1, 0.15) is 12.3 Å². The molecule has 0 radical (unpaired) electrons. The first-order valence-electron chi connectivity index (χ1n) is 6.98. The van der Waals surface area contributed by atoms with E-state index >= 15 is 0 Å². The Morgan fingerprint density at radius 2 is 2.05 bits per heavy atom. The SMILES string of the molecule is CCCCn1c[n+](CCCOc2ccccc2)cn1. The maximum absolute atomic E-state index is 5.66. The van der Waals surface area contributed by atoms with E-state index in [4.69, 9.17) is 4.74 Å². The molecule has 0 spiro atoms. The fourth-order valence-corrected chi connectivity index (χ4v) is 1.87. The number of nitrogens with zero attached hydrogens (tertiary/aromatic N) is 3. The van der Waals surface area contributed by atoms with E-state index in [2.05, 4.69) is 22.9 Å². The van der Waals surface area contributed by atoms with E-state index in [1.54, 1.807) is 0 Å². The lowest BCUT2D eigenvalue weighted by Gasteiger charge is -2.04. The second kappa shape index (κ2) is 7.56. The van der Waals surface area contributed by atoms with Gasteiger partial charge in [-0.15, -0.1) is 4.68 Å². The van der Waals surface area contributed by atoms with E-state index < -0.39 is 0 Å². The monoisotopic (exact) mass is 260 g/mol. The highest BCUT2D eigenvalue weighted by atomic mass is 16.5. The predicted molar refractivity (Wildman–Crippen MR) is 73.9 cm³/mol. The molecule has 1 heterocycles. The number of aromatic nitrogens is 3. The zero-order valence-corrected chi connectivity index (χ0v) is 11.5. The Labute approximate surface area is 114 Å². The second-order valence-corrected chi connectivity index (χ2v) is 4.62. The van der Waals surface area contributed by atoms with Crippen molar-refractivity contribution in [2.75, 3.05) is 6.61 Å². The lowest BCUT2D eigenvalue weighted by atomic mass is 10.3. The Bertz CT molecular complexity index is 467. The molecule has 0 bridgehead atoms. The molecule has 4 nitrogen and oxygen atoms in total. The Balaban J connectivity index is 1.66. The summed E-state index contributed by atoms with van der Waals surface area (Å²) >= 11 is 0. The minimum atomic E-state index is 0.733. The molecule has 0 saturated heterocycles. The van der Waals surface area contributed by atoms with Crippen molar-refractivity contribution in [3.8, 4) is 5.75 Å². The van der Waals surface area contributed by atoms with E-state index in [1.165, 1.54) is 12.8 Å². The molecule has 0 amide bonds. The summed E-state index contributed by atoms with van der Waals surface area (Å²) in [6.45, 7) is 4.87. The third-order valence-electron chi connectivity index (χ3n) is 2.94. The highest BCUT2D eigenvalue weighted by Gasteiger charge is 2.04. The van der Waals surface area contributed by atoms with Gasteiger partial charge in [0.05, 0.1) is 13.2 Å². The smallest absolute Gasteiger partial charge is 0.265 e. The van der Waals surface area contributed by atoms with Gasteiger partial charge in [0.15, 0.2) is 0 Å². The fraction of sp³-hybridized carbons (Fsp3) is 0.467. The van der Waals surface area contributed by atoms with Gasteiger partial charge < -0.3 is 4.74 Å². The molecule has 2 aromatic rings. The number of rotatable bonds is 8. The Hall–Kier alpha value is -1.84. The molecule has 0 unspecified atom stereocenters. The van der Waals surface area contributed by atoms with Crippen LogP contribution in [0.3, 0.4) is 0 Å². The highest BCUT2D eigenvalue weighted by molar-refractivity contribution is 5.20. The number of hydrogen-bond acceptors (Lipinski definition) is 2. The summed E-state index contributed by atoms with van der Waals surface area (Å²) in [6.07, 6.45) is 7.32. The van der Waals surface area contributed by atoms with Crippen LogP contribution in [0.5, 0.6) is 5.75 Å². The summed E-state index contributed by atoms with van der Waals surface area (Å²) in [4.78, 5) is 0. The molecule has 19 heavy (non-hydrogen) atoms. The summed E-state index contributed by atoms with van der Waals surface area (Å²) in [5.74, 6) is 0.936. The van der Waals surface area contributed by atoms with E-state index in [9.17, 15) is 0 Å². The molecule has 0 N–H and O–H groups in total. The summed E-state index contributed by atoms with van der Waals surface area (Å²) in [6, 6.07) is 9.93. The maximum Gasteiger partial charge on any atom is 0.265 e. The van der Waals surface area contributed by atoms with E-state index in [1.807, 2.05) is 41.3 Å². The van der Waals surface area contributed by atoms with Crippen LogP contribution in [0.1, 0.15) is 26.2 Å². The van der Waals surface area contributed by atoms with Crippen LogP contribution in [0.15, 0.2) is 43.0 Å². The molecule has 1 aromatic heterocycles. The second-order valence-electron chi connectivity index (χ2n) is 4.62. The fourth-order valence-electron chi connectivity index (χ4n) is 1.87. The van der Waals surface area contributed by atoms with Crippen LogP contribution >= 0.6 is 0 Å². The molecule has 102 valence electrons. The molecule has 0 fully saturated rings. The van der Waals surface area contributed by atoms with E-state index in [0.29, 0.717) is 0 Å². The summed E-state index contributed by atoms with van der Waals surface area (Å²) in [7, 11) is 0. The molecule has 0 aliphatic rings. The van der Waals surface area contributed by atoms with Crippen LogP contribution < -0.4 is 9.30 Å². The van der Waals surface area contributed by atoms with Crippen LogP contribution in [0.4, 0.5) is 0 Å². The quantitative estimate of drug-likeness (QED) is 0.539. The first kappa shape index (κ1) is 13.6. The first-order chi connectivity index (χ1) is 9.38. The normalized spacial score (nSPS) is 10.6. The molecule has 4 heteroatoms. The summed E-state index contributed by atoms with van der Waals surface area (Å²) < 4.78 is 9.78. The van der Waals surface area contributed by atoms with Gasteiger partial charge in [-0.25, -0.2) is 4.57 Å². The lowest BCUT2D eigenvalue weighted by molar-refractivity contribution is -0.698. The van der Waals surface area contributed by atoms with Gasteiger partial charge in [-0.1, -0.05) is 31.5 Å².